The van der Waals surface area contributed by atoms with Crippen LogP contribution in [0.4, 0.5) is 0 Å². The molecule has 0 aromatic heterocycles. The van der Waals surface area contributed by atoms with E-state index in [1.807, 2.05) is 6.92 Å². The Labute approximate surface area is 88.3 Å². The Hall–Kier alpha value is -0.0500. The van der Waals surface area contributed by atoms with Gasteiger partial charge in [-0.3, -0.25) is 4.21 Å². The average Bonchev–Trinajstić information content (AvgIpc) is 2.16. The second kappa shape index (κ2) is 10.0. The molecule has 76 valence electrons. The molecule has 0 bridgehead atoms. The molecule has 0 saturated carbocycles. The van der Waals surface area contributed by atoms with Gasteiger partial charge in [0.05, 0.1) is 5.16 Å². The number of aliphatic imine (C=N–C) groups is 1. The number of hydrogen-bond donors (Lipinski definition) is 0. The van der Waals surface area contributed by atoms with Crippen LogP contribution in [0.5, 0.6) is 0 Å². The maximum Gasteiger partial charge on any atom is 0.0584 e. The van der Waals surface area contributed by atoms with Gasteiger partial charge >= 0.3 is 0 Å². The summed E-state index contributed by atoms with van der Waals surface area (Å²) in [5.41, 5.74) is 0. The molecular formula is C9H17NOS2. The Bertz CT molecular complexity index is 188. The molecule has 0 aromatic rings. The molecule has 4 heteroatoms. The second-order valence-corrected chi connectivity index (χ2v) is 4.87. The summed E-state index contributed by atoms with van der Waals surface area (Å²) in [6.45, 7) is 2.75. The van der Waals surface area contributed by atoms with E-state index in [1.165, 1.54) is 0 Å². The minimum atomic E-state index is -0.588. The molecule has 13 heavy (non-hydrogen) atoms. The first-order chi connectivity index (χ1) is 6.31. The second-order valence-electron chi connectivity index (χ2n) is 2.82. The van der Waals surface area contributed by atoms with Crippen molar-refractivity contribution in [3.05, 3.63) is 0 Å². The van der Waals surface area contributed by atoms with E-state index in [0.29, 0.717) is 0 Å². The van der Waals surface area contributed by atoms with Gasteiger partial charge in [-0.25, -0.2) is 4.99 Å². The minimum absolute atomic E-state index is 0.588. The van der Waals surface area contributed by atoms with E-state index in [4.69, 9.17) is 0 Å². The summed E-state index contributed by atoms with van der Waals surface area (Å²) in [4.78, 5) is 3.83. The molecule has 0 spiro atoms. The van der Waals surface area contributed by atoms with E-state index in [-0.39, 0.29) is 0 Å². The van der Waals surface area contributed by atoms with Crippen LogP contribution in [-0.4, -0.2) is 27.4 Å². The van der Waals surface area contributed by atoms with E-state index >= 15 is 0 Å². The lowest BCUT2D eigenvalue weighted by Gasteiger charge is -1.98. The third kappa shape index (κ3) is 9.87. The van der Waals surface area contributed by atoms with Gasteiger partial charge in [-0.15, -0.1) is 0 Å². The summed E-state index contributed by atoms with van der Waals surface area (Å²) in [5.74, 6) is 1.64. The number of thiocarbonyl (C=S) groups is 1. The summed E-state index contributed by atoms with van der Waals surface area (Å²) in [7, 11) is -0.588. The zero-order chi connectivity index (χ0) is 9.94. The van der Waals surface area contributed by atoms with E-state index in [2.05, 4.69) is 22.4 Å². The topological polar surface area (TPSA) is 29.4 Å². The molecule has 0 rings (SSSR count). The number of isothiocyanates is 1. The van der Waals surface area contributed by atoms with Crippen molar-refractivity contribution in [3.8, 4) is 0 Å². The van der Waals surface area contributed by atoms with Gasteiger partial charge in [0.15, 0.2) is 0 Å². The van der Waals surface area contributed by atoms with Crippen LogP contribution < -0.4 is 0 Å². The van der Waals surface area contributed by atoms with E-state index in [1.54, 1.807) is 0 Å². The molecule has 0 aliphatic carbocycles. The van der Waals surface area contributed by atoms with Gasteiger partial charge in [0.1, 0.15) is 0 Å². The van der Waals surface area contributed by atoms with E-state index in [0.717, 1.165) is 43.7 Å². The van der Waals surface area contributed by atoms with Crippen LogP contribution in [0.2, 0.25) is 0 Å². The number of hydrogen-bond acceptors (Lipinski definition) is 3. The first-order valence-electron chi connectivity index (χ1n) is 4.70. The molecule has 1 unspecified atom stereocenters. The lowest BCUT2D eigenvalue weighted by atomic mass is 10.2. The summed E-state index contributed by atoms with van der Waals surface area (Å²) < 4.78 is 11.0. The molecule has 2 nitrogen and oxygen atoms in total. The molecule has 1 atom stereocenters. The fraction of sp³-hybridized carbons (Fsp3) is 0.889. The third-order valence-corrected chi connectivity index (χ3v) is 3.30. The normalized spacial score (nSPS) is 12.1. The average molecular weight is 219 g/mol. The molecule has 0 saturated heterocycles. The van der Waals surface area contributed by atoms with Crippen LogP contribution in [0.1, 0.15) is 32.6 Å². The highest BCUT2D eigenvalue weighted by atomic mass is 32.2. The molecule has 0 radical (unpaired) electrons. The first-order valence-corrected chi connectivity index (χ1v) is 6.59. The maximum atomic E-state index is 11.0. The van der Waals surface area contributed by atoms with Crippen molar-refractivity contribution < 1.29 is 4.21 Å². The maximum absolute atomic E-state index is 11.0. The molecule has 0 N–H and O–H groups in total. The predicted octanol–water partition coefficient (Wildman–Crippen LogP) is 2.42. The van der Waals surface area contributed by atoms with E-state index < -0.39 is 10.8 Å². The zero-order valence-corrected chi connectivity index (χ0v) is 9.75. The third-order valence-electron chi connectivity index (χ3n) is 1.78. The fourth-order valence-electron chi connectivity index (χ4n) is 0.997. The molecular weight excluding hydrogens is 202 g/mol. The number of unbranched alkanes of at least 4 members (excludes halogenated alkanes) is 3. The fourth-order valence-corrected chi connectivity index (χ4v) is 1.90. The van der Waals surface area contributed by atoms with Gasteiger partial charge in [0.25, 0.3) is 0 Å². The Balaban J connectivity index is 3.08. The van der Waals surface area contributed by atoms with Crippen molar-refractivity contribution in [2.45, 2.75) is 32.6 Å². The number of rotatable bonds is 8. The molecule has 0 heterocycles. The summed E-state index contributed by atoms with van der Waals surface area (Å²) in [6.07, 6.45) is 4.45. The van der Waals surface area contributed by atoms with Gasteiger partial charge < -0.3 is 0 Å². The molecule has 0 aliphatic rings. The molecule has 0 amide bonds. The highest BCUT2D eigenvalue weighted by molar-refractivity contribution is 7.84. The number of nitrogens with zero attached hydrogens (tertiary/aromatic N) is 1. The van der Waals surface area contributed by atoms with Gasteiger partial charge in [-0.1, -0.05) is 19.8 Å². The van der Waals surface area contributed by atoms with Crippen LogP contribution in [0.25, 0.3) is 0 Å². The molecule has 0 fully saturated rings. The van der Waals surface area contributed by atoms with Gasteiger partial charge in [0.2, 0.25) is 0 Å². The van der Waals surface area contributed by atoms with Crippen molar-refractivity contribution in [2.75, 3.05) is 18.1 Å². The predicted molar refractivity (Wildman–Crippen MR) is 61.9 cm³/mol. The Morgan fingerprint density at radius 3 is 2.62 bits per heavy atom. The van der Waals surface area contributed by atoms with Crippen molar-refractivity contribution >= 4 is 28.2 Å². The van der Waals surface area contributed by atoms with Crippen molar-refractivity contribution in [1.29, 1.82) is 0 Å². The van der Waals surface area contributed by atoms with Crippen molar-refractivity contribution in [3.63, 3.8) is 0 Å². The molecule has 0 aromatic carbocycles. The smallest absolute Gasteiger partial charge is 0.0584 e. The van der Waals surface area contributed by atoms with Gasteiger partial charge in [-0.05, 0) is 25.1 Å². The summed E-state index contributed by atoms with van der Waals surface area (Å²) in [6, 6.07) is 0. The largest absolute Gasteiger partial charge is 0.260 e. The lowest BCUT2D eigenvalue weighted by Crippen LogP contribution is -1.99. The summed E-state index contributed by atoms with van der Waals surface area (Å²) in [5, 5.41) is 2.35. The lowest BCUT2D eigenvalue weighted by molar-refractivity contribution is 0.660. The Morgan fingerprint density at radius 1 is 1.31 bits per heavy atom. The van der Waals surface area contributed by atoms with E-state index in [9.17, 15) is 4.21 Å². The van der Waals surface area contributed by atoms with Crippen LogP contribution in [0, 0.1) is 0 Å². The quantitative estimate of drug-likeness (QED) is 0.356. The first kappa shape index (κ1) is 12.9. The minimum Gasteiger partial charge on any atom is -0.260 e. The Morgan fingerprint density at radius 2 is 2.00 bits per heavy atom. The molecule has 0 aliphatic heterocycles. The van der Waals surface area contributed by atoms with Crippen LogP contribution in [-0.2, 0) is 10.8 Å². The van der Waals surface area contributed by atoms with Crippen LogP contribution in [0.15, 0.2) is 4.99 Å². The van der Waals surface area contributed by atoms with Crippen molar-refractivity contribution in [1.82, 2.24) is 0 Å². The highest BCUT2D eigenvalue weighted by Crippen LogP contribution is 2.01. The zero-order valence-electron chi connectivity index (χ0n) is 8.12. The van der Waals surface area contributed by atoms with Gasteiger partial charge in [0, 0.05) is 28.9 Å². The Kier molecular flexibility index (Phi) is 10.00. The van der Waals surface area contributed by atoms with Crippen LogP contribution >= 0.6 is 12.2 Å². The SMILES string of the molecule is CCS(=O)CCCCCCN=C=S. The van der Waals surface area contributed by atoms with Gasteiger partial charge in [-0.2, -0.15) is 0 Å². The summed E-state index contributed by atoms with van der Waals surface area (Å²) >= 11 is 4.45. The van der Waals surface area contributed by atoms with Crippen molar-refractivity contribution in [2.24, 2.45) is 4.99 Å². The monoisotopic (exact) mass is 219 g/mol. The highest BCUT2D eigenvalue weighted by Gasteiger charge is 1.95. The van der Waals surface area contributed by atoms with Crippen LogP contribution in [0.3, 0.4) is 0 Å². The standard InChI is InChI=1S/C9H17NOS2/c1-2-13(11)8-6-4-3-5-7-10-9-12/h2-8H2,1H3.